The van der Waals surface area contributed by atoms with Gasteiger partial charge in [-0.3, -0.25) is 0 Å². The van der Waals surface area contributed by atoms with Gasteiger partial charge in [-0.05, 0) is 18.1 Å². The first-order valence-corrected chi connectivity index (χ1v) is 7.71. The second-order valence-electron chi connectivity index (χ2n) is 4.89. The Labute approximate surface area is 134 Å². The minimum Gasteiger partial charge on any atom is -0.484 e. The molecule has 0 atom stereocenters. The van der Waals surface area contributed by atoms with Crippen molar-refractivity contribution in [3.05, 3.63) is 41.1 Å². The summed E-state index contributed by atoms with van der Waals surface area (Å²) >= 11 is 6.23. The summed E-state index contributed by atoms with van der Waals surface area (Å²) < 4.78 is 10.3. The molecule has 5 nitrogen and oxygen atoms in total. The SMILES string of the molecule is CC.CC(C)c1cc2cc(Cl)c(OCc3ncon3)cc2[nH]1. The zero-order valence-corrected chi connectivity index (χ0v) is 13.9. The van der Waals surface area contributed by atoms with Gasteiger partial charge in [0.15, 0.2) is 6.61 Å². The van der Waals surface area contributed by atoms with Crippen LogP contribution >= 0.6 is 11.6 Å². The third-order valence-corrected chi connectivity index (χ3v) is 3.38. The molecule has 3 aromatic rings. The average molecular weight is 322 g/mol. The van der Waals surface area contributed by atoms with Crippen LogP contribution in [-0.2, 0) is 6.61 Å². The molecular weight excluding hydrogens is 302 g/mol. The van der Waals surface area contributed by atoms with Crippen molar-refractivity contribution in [2.45, 2.75) is 40.2 Å². The molecule has 0 aliphatic carbocycles. The van der Waals surface area contributed by atoms with E-state index in [-0.39, 0.29) is 6.61 Å². The number of nitrogens with zero attached hydrogens (tertiary/aromatic N) is 2. The molecule has 22 heavy (non-hydrogen) atoms. The Morgan fingerprint density at radius 1 is 1.27 bits per heavy atom. The van der Waals surface area contributed by atoms with Crippen LogP contribution < -0.4 is 4.74 Å². The van der Waals surface area contributed by atoms with E-state index in [1.165, 1.54) is 12.1 Å². The molecule has 0 saturated carbocycles. The van der Waals surface area contributed by atoms with Crippen LogP contribution in [0.15, 0.2) is 29.1 Å². The molecule has 1 aromatic carbocycles. The topological polar surface area (TPSA) is 63.9 Å². The number of halogens is 1. The van der Waals surface area contributed by atoms with Gasteiger partial charge in [0.2, 0.25) is 12.2 Å². The largest absolute Gasteiger partial charge is 0.484 e. The molecule has 0 radical (unpaired) electrons. The van der Waals surface area contributed by atoms with Crippen molar-refractivity contribution in [3.63, 3.8) is 0 Å². The first-order valence-electron chi connectivity index (χ1n) is 7.33. The van der Waals surface area contributed by atoms with E-state index in [2.05, 4.69) is 39.6 Å². The Bertz CT molecular complexity index is 720. The van der Waals surface area contributed by atoms with Crippen molar-refractivity contribution in [1.29, 1.82) is 0 Å². The van der Waals surface area contributed by atoms with E-state index in [9.17, 15) is 0 Å². The van der Waals surface area contributed by atoms with Gasteiger partial charge in [0.1, 0.15) is 5.75 Å². The van der Waals surface area contributed by atoms with Crippen LogP contribution in [0.4, 0.5) is 0 Å². The van der Waals surface area contributed by atoms with Crippen LogP contribution in [-0.4, -0.2) is 15.1 Å². The van der Waals surface area contributed by atoms with E-state index in [1.807, 2.05) is 26.0 Å². The third-order valence-electron chi connectivity index (χ3n) is 3.08. The number of rotatable bonds is 4. The standard InChI is InChI=1S/C14H14ClN3O2.C2H6/c1-8(2)11-4-9-3-10(15)13(5-12(9)17-11)19-6-14-16-7-20-18-14;1-2/h3-5,7-8,17H,6H2,1-2H3;1-2H3. The molecule has 0 amide bonds. The molecule has 0 bridgehead atoms. The maximum Gasteiger partial charge on any atom is 0.213 e. The van der Waals surface area contributed by atoms with Crippen LogP contribution in [0.5, 0.6) is 5.75 Å². The maximum absolute atomic E-state index is 6.23. The summed E-state index contributed by atoms with van der Waals surface area (Å²) in [7, 11) is 0. The Kier molecular flexibility index (Phi) is 5.44. The monoisotopic (exact) mass is 321 g/mol. The van der Waals surface area contributed by atoms with Crippen molar-refractivity contribution in [2.75, 3.05) is 0 Å². The Morgan fingerprint density at radius 2 is 2.05 bits per heavy atom. The smallest absolute Gasteiger partial charge is 0.213 e. The summed E-state index contributed by atoms with van der Waals surface area (Å²) in [6, 6.07) is 5.89. The zero-order valence-electron chi connectivity index (χ0n) is 13.2. The van der Waals surface area contributed by atoms with Crippen LogP contribution in [0.2, 0.25) is 5.02 Å². The summed E-state index contributed by atoms with van der Waals surface area (Å²) in [5.74, 6) is 1.52. The van der Waals surface area contributed by atoms with Crippen LogP contribution in [0, 0.1) is 0 Å². The van der Waals surface area contributed by atoms with Crippen molar-refractivity contribution < 1.29 is 9.26 Å². The minimum absolute atomic E-state index is 0.222. The van der Waals surface area contributed by atoms with Gasteiger partial charge in [-0.2, -0.15) is 4.98 Å². The fourth-order valence-corrected chi connectivity index (χ4v) is 2.20. The predicted octanol–water partition coefficient (Wildman–Crippen LogP) is 4.93. The molecule has 0 aliphatic heterocycles. The fraction of sp³-hybridized carbons (Fsp3) is 0.375. The highest BCUT2D eigenvalue weighted by Crippen LogP contribution is 2.32. The third kappa shape index (κ3) is 3.60. The van der Waals surface area contributed by atoms with Crippen molar-refractivity contribution in [2.24, 2.45) is 0 Å². The molecule has 1 N–H and O–H groups in total. The fourth-order valence-electron chi connectivity index (χ4n) is 1.98. The lowest BCUT2D eigenvalue weighted by atomic mass is 10.1. The van der Waals surface area contributed by atoms with E-state index in [4.69, 9.17) is 16.3 Å². The molecule has 0 aliphatic rings. The number of benzene rings is 1. The van der Waals surface area contributed by atoms with Gasteiger partial charge >= 0.3 is 0 Å². The maximum atomic E-state index is 6.23. The van der Waals surface area contributed by atoms with Crippen LogP contribution in [0.25, 0.3) is 10.9 Å². The zero-order chi connectivity index (χ0) is 16.1. The Balaban J connectivity index is 0.000000847. The number of hydrogen-bond donors (Lipinski definition) is 1. The van der Waals surface area contributed by atoms with Gasteiger partial charge < -0.3 is 14.2 Å². The van der Waals surface area contributed by atoms with E-state index >= 15 is 0 Å². The Morgan fingerprint density at radius 3 is 2.68 bits per heavy atom. The predicted molar refractivity (Wildman–Crippen MR) is 87.4 cm³/mol. The number of aromatic nitrogens is 3. The number of ether oxygens (including phenoxy) is 1. The van der Waals surface area contributed by atoms with Gasteiger partial charge in [0.05, 0.1) is 5.02 Å². The molecular formula is C16H20ClN3O2. The van der Waals surface area contributed by atoms with E-state index in [0.29, 0.717) is 22.5 Å². The first-order chi connectivity index (χ1) is 10.6. The van der Waals surface area contributed by atoms with Crippen LogP contribution in [0.3, 0.4) is 0 Å². The minimum atomic E-state index is 0.222. The molecule has 0 fully saturated rings. The molecule has 0 saturated heterocycles. The van der Waals surface area contributed by atoms with Crippen molar-refractivity contribution in [1.82, 2.24) is 15.1 Å². The summed E-state index contributed by atoms with van der Waals surface area (Å²) in [6.07, 6.45) is 1.27. The van der Waals surface area contributed by atoms with Gasteiger partial charge in [0.25, 0.3) is 0 Å². The van der Waals surface area contributed by atoms with Crippen molar-refractivity contribution >= 4 is 22.5 Å². The molecule has 6 heteroatoms. The quantitative estimate of drug-likeness (QED) is 0.739. The number of hydrogen-bond acceptors (Lipinski definition) is 4. The van der Waals surface area contributed by atoms with Gasteiger partial charge in [-0.25, -0.2) is 0 Å². The molecule has 0 spiro atoms. The summed E-state index contributed by atoms with van der Waals surface area (Å²) in [5, 5.41) is 5.33. The summed E-state index contributed by atoms with van der Waals surface area (Å²) in [5.41, 5.74) is 2.17. The molecule has 2 heterocycles. The number of fused-ring (bicyclic) bond motifs is 1. The second-order valence-corrected chi connectivity index (χ2v) is 5.29. The molecule has 2 aromatic heterocycles. The molecule has 0 unspecified atom stereocenters. The van der Waals surface area contributed by atoms with Crippen molar-refractivity contribution in [3.8, 4) is 5.75 Å². The number of nitrogens with one attached hydrogen (secondary N) is 1. The van der Waals surface area contributed by atoms with Gasteiger partial charge in [-0.15, -0.1) is 0 Å². The molecule has 3 rings (SSSR count). The highest BCUT2D eigenvalue weighted by Gasteiger charge is 2.10. The van der Waals surface area contributed by atoms with E-state index < -0.39 is 0 Å². The van der Waals surface area contributed by atoms with Gasteiger partial charge in [0, 0.05) is 22.7 Å². The average Bonchev–Trinajstić information content (AvgIpc) is 3.15. The summed E-state index contributed by atoms with van der Waals surface area (Å²) in [4.78, 5) is 7.26. The van der Waals surface area contributed by atoms with Crippen LogP contribution in [0.1, 0.15) is 45.1 Å². The first kappa shape index (κ1) is 16.4. The highest BCUT2D eigenvalue weighted by atomic mass is 35.5. The number of aromatic amines is 1. The second kappa shape index (κ2) is 7.31. The van der Waals surface area contributed by atoms with Gasteiger partial charge in [-0.1, -0.05) is 44.5 Å². The summed E-state index contributed by atoms with van der Waals surface area (Å²) in [6.45, 7) is 8.50. The lowest BCUT2D eigenvalue weighted by molar-refractivity contribution is 0.287. The highest BCUT2D eigenvalue weighted by molar-refractivity contribution is 6.32. The Hall–Kier alpha value is -2.01. The molecule has 118 valence electrons. The lowest BCUT2D eigenvalue weighted by Crippen LogP contribution is -1.97. The van der Waals surface area contributed by atoms with E-state index in [0.717, 1.165) is 10.9 Å². The lowest BCUT2D eigenvalue weighted by Gasteiger charge is -2.05. The van der Waals surface area contributed by atoms with E-state index in [1.54, 1.807) is 0 Å². The number of H-pyrrole nitrogens is 1. The normalized spacial score (nSPS) is 10.6.